The molecule has 1 fully saturated rings. The zero-order chi connectivity index (χ0) is 16.8. The molecule has 0 aliphatic heterocycles. The Hall–Kier alpha value is -1.29. The number of ketones is 1. The first-order chi connectivity index (χ1) is 11.1. The van der Waals surface area contributed by atoms with Crippen LogP contribution < -0.4 is 0 Å². The third kappa shape index (κ3) is 4.85. The molecule has 134 valence electrons. The normalized spacial score (nSPS) is 21.2. The molecule has 0 aromatic heterocycles. The largest absolute Gasteiger partial charge is 0.468 e. The van der Waals surface area contributed by atoms with Gasteiger partial charge in [-0.2, -0.15) is 13.5 Å². The number of benzene rings is 1. The molecule has 0 saturated heterocycles. The van der Waals surface area contributed by atoms with Crippen molar-refractivity contribution in [3.05, 3.63) is 35.4 Å². The van der Waals surface area contributed by atoms with Crippen LogP contribution in [-0.2, 0) is 14.3 Å². The molecule has 0 heterocycles. The zero-order valence-corrected chi connectivity index (χ0v) is 16.0. The average Bonchev–Trinajstić information content (AvgIpc) is 2.96. The van der Waals surface area contributed by atoms with Gasteiger partial charge in [-0.1, -0.05) is 57.4 Å². The number of ether oxygens (including phenoxy) is 1. The second kappa shape index (κ2) is 9.87. The fourth-order valence-electron chi connectivity index (χ4n) is 3.57. The van der Waals surface area contributed by atoms with Crippen LogP contribution in [-0.4, -0.2) is 18.9 Å². The van der Waals surface area contributed by atoms with Crippen LogP contribution in [0.5, 0.6) is 0 Å². The van der Waals surface area contributed by atoms with Gasteiger partial charge in [0, 0.05) is 12.3 Å². The molecule has 3 atom stereocenters. The summed E-state index contributed by atoms with van der Waals surface area (Å²) in [7, 11) is 1.35. The Labute approximate surface area is 152 Å². The minimum atomic E-state index is -0.618. The molecule has 1 saturated carbocycles. The molecule has 0 bridgehead atoms. The quantitative estimate of drug-likeness (QED) is 0.406. The third-order valence-electron chi connectivity index (χ3n) is 5.08. The molecule has 1 aromatic rings. The van der Waals surface area contributed by atoms with Crippen LogP contribution in [0.1, 0.15) is 75.3 Å². The van der Waals surface area contributed by atoms with Gasteiger partial charge in [0.1, 0.15) is 11.7 Å². The third-order valence-corrected chi connectivity index (χ3v) is 5.08. The molecule has 0 amide bonds. The van der Waals surface area contributed by atoms with Crippen molar-refractivity contribution in [1.82, 2.24) is 0 Å². The lowest BCUT2D eigenvalue weighted by molar-refractivity contribution is -0.148. The van der Waals surface area contributed by atoms with Crippen molar-refractivity contribution < 1.29 is 14.3 Å². The van der Waals surface area contributed by atoms with Crippen molar-refractivity contribution in [1.29, 1.82) is 0 Å². The highest BCUT2D eigenvalue weighted by Gasteiger charge is 2.41. The summed E-state index contributed by atoms with van der Waals surface area (Å²) in [6.45, 7) is 4.49. The maximum Gasteiger partial charge on any atom is 0.316 e. The van der Waals surface area contributed by atoms with Gasteiger partial charge < -0.3 is 4.74 Å². The highest BCUT2D eigenvalue weighted by Crippen LogP contribution is 2.38. The lowest BCUT2D eigenvalue weighted by Crippen LogP contribution is -2.25. The van der Waals surface area contributed by atoms with E-state index < -0.39 is 11.9 Å². The van der Waals surface area contributed by atoms with Crippen LogP contribution in [0.25, 0.3) is 0 Å². The van der Waals surface area contributed by atoms with E-state index in [1.165, 1.54) is 38.4 Å². The Morgan fingerprint density at radius 3 is 2.50 bits per heavy atom. The van der Waals surface area contributed by atoms with Crippen molar-refractivity contribution in [3.8, 4) is 0 Å². The van der Waals surface area contributed by atoms with Gasteiger partial charge in [0.25, 0.3) is 0 Å². The number of hydrogen-bond acceptors (Lipinski definition) is 3. The van der Waals surface area contributed by atoms with Gasteiger partial charge >= 0.3 is 5.97 Å². The Bertz CT molecular complexity index is 538. The number of esters is 1. The van der Waals surface area contributed by atoms with Gasteiger partial charge in [0.2, 0.25) is 0 Å². The fourth-order valence-corrected chi connectivity index (χ4v) is 3.57. The summed E-state index contributed by atoms with van der Waals surface area (Å²) < 4.78 is 4.81. The second-order valence-electron chi connectivity index (χ2n) is 6.68. The van der Waals surface area contributed by atoms with E-state index in [4.69, 9.17) is 4.74 Å². The average molecular weight is 351 g/mol. The van der Waals surface area contributed by atoms with E-state index in [9.17, 15) is 9.59 Å². The predicted molar refractivity (Wildman–Crippen MR) is 102 cm³/mol. The van der Waals surface area contributed by atoms with Crippen molar-refractivity contribution in [2.45, 2.75) is 64.2 Å². The van der Waals surface area contributed by atoms with Crippen LogP contribution in [0.15, 0.2) is 24.3 Å². The molecule has 1 aromatic carbocycles. The SMILES string of the molecule is CCCCC[C@H](C)c1ccc([C@H]2CCC(=O)[C@@H]2C(=O)OC)cc1.S. The first kappa shape index (κ1) is 20.8. The molecule has 2 rings (SSSR count). The van der Waals surface area contributed by atoms with Crippen LogP contribution in [0.4, 0.5) is 0 Å². The molecule has 0 N–H and O–H groups in total. The number of carbonyl (C=O) groups is 2. The van der Waals surface area contributed by atoms with Crippen molar-refractivity contribution in [2.75, 3.05) is 7.11 Å². The summed E-state index contributed by atoms with van der Waals surface area (Å²) in [6.07, 6.45) is 6.22. The van der Waals surface area contributed by atoms with Crippen LogP contribution in [0, 0.1) is 5.92 Å². The highest BCUT2D eigenvalue weighted by molar-refractivity contribution is 7.59. The molecule has 1 aliphatic rings. The number of unbranched alkanes of at least 4 members (excludes halogenated alkanes) is 2. The van der Waals surface area contributed by atoms with Crippen LogP contribution >= 0.6 is 13.5 Å². The highest BCUT2D eigenvalue weighted by atomic mass is 32.1. The van der Waals surface area contributed by atoms with Crippen LogP contribution in [0.2, 0.25) is 0 Å². The minimum absolute atomic E-state index is 0. The summed E-state index contributed by atoms with van der Waals surface area (Å²) in [5.41, 5.74) is 2.42. The van der Waals surface area contributed by atoms with Gasteiger partial charge in [-0.15, -0.1) is 0 Å². The predicted octanol–water partition coefficient (Wildman–Crippen LogP) is 4.72. The number of carbonyl (C=O) groups excluding carboxylic acids is 2. The van der Waals surface area contributed by atoms with E-state index >= 15 is 0 Å². The number of methoxy groups -OCH3 is 1. The van der Waals surface area contributed by atoms with Gasteiger partial charge in [-0.25, -0.2) is 0 Å². The van der Waals surface area contributed by atoms with Gasteiger partial charge in [-0.05, 0) is 29.9 Å². The zero-order valence-electron chi connectivity index (χ0n) is 15.0. The molecular weight excluding hydrogens is 320 g/mol. The molecule has 1 aliphatic carbocycles. The first-order valence-corrected chi connectivity index (χ1v) is 8.78. The number of Topliss-reactive ketones (excluding diaryl/α,β-unsaturated/α-hetero) is 1. The Morgan fingerprint density at radius 1 is 1.25 bits per heavy atom. The standard InChI is InChI=1S/C20H28O3.H2S/c1-4-5-6-7-14(2)15-8-10-16(11-9-15)17-12-13-18(21)19(17)20(22)23-3;/h8-11,14,17,19H,4-7,12-13H2,1-3H3;1H2/t14-,17+,19+;/m0./s1. The number of rotatable bonds is 7. The van der Waals surface area contributed by atoms with Crippen molar-refractivity contribution in [2.24, 2.45) is 5.92 Å². The Balaban J connectivity index is 0.00000288. The minimum Gasteiger partial charge on any atom is -0.468 e. The van der Waals surface area contributed by atoms with E-state index in [0.29, 0.717) is 12.3 Å². The summed E-state index contributed by atoms with van der Waals surface area (Å²) >= 11 is 0. The lowest BCUT2D eigenvalue weighted by atomic mass is 9.86. The Kier molecular flexibility index (Phi) is 8.54. The Morgan fingerprint density at radius 2 is 1.92 bits per heavy atom. The van der Waals surface area contributed by atoms with Crippen molar-refractivity contribution in [3.63, 3.8) is 0 Å². The van der Waals surface area contributed by atoms with Gasteiger partial charge in [0.05, 0.1) is 7.11 Å². The summed E-state index contributed by atoms with van der Waals surface area (Å²) in [4.78, 5) is 23.9. The van der Waals surface area contributed by atoms with E-state index in [-0.39, 0.29) is 25.2 Å². The number of hydrogen-bond donors (Lipinski definition) is 0. The second-order valence-corrected chi connectivity index (χ2v) is 6.68. The molecule has 4 heteroatoms. The summed E-state index contributed by atoms with van der Waals surface area (Å²) in [6, 6.07) is 8.49. The molecule has 3 nitrogen and oxygen atoms in total. The molecular formula is C20H30O3S. The van der Waals surface area contributed by atoms with Gasteiger partial charge in [-0.3, -0.25) is 9.59 Å². The topological polar surface area (TPSA) is 43.4 Å². The molecule has 0 spiro atoms. The first-order valence-electron chi connectivity index (χ1n) is 8.78. The van der Waals surface area contributed by atoms with E-state index in [1.807, 2.05) is 0 Å². The fraction of sp³-hybridized carbons (Fsp3) is 0.600. The van der Waals surface area contributed by atoms with Crippen LogP contribution in [0.3, 0.4) is 0 Å². The lowest BCUT2D eigenvalue weighted by Gasteiger charge is -2.18. The van der Waals surface area contributed by atoms with E-state index in [1.54, 1.807) is 0 Å². The summed E-state index contributed by atoms with van der Waals surface area (Å²) in [5.74, 6) is -0.474. The molecule has 0 unspecified atom stereocenters. The van der Waals surface area contributed by atoms with Crippen molar-refractivity contribution >= 4 is 25.2 Å². The maximum absolute atomic E-state index is 12.0. The van der Waals surface area contributed by atoms with E-state index in [2.05, 4.69) is 38.1 Å². The van der Waals surface area contributed by atoms with E-state index in [0.717, 1.165) is 12.0 Å². The molecule has 24 heavy (non-hydrogen) atoms. The molecule has 0 radical (unpaired) electrons. The summed E-state index contributed by atoms with van der Waals surface area (Å²) in [5, 5.41) is 0. The monoisotopic (exact) mass is 350 g/mol. The van der Waals surface area contributed by atoms with Gasteiger partial charge in [0.15, 0.2) is 0 Å². The smallest absolute Gasteiger partial charge is 0.316 e. The maximum atomic E-state index is 12.0.